The summed E-state index contributed by atoms with van der Waals surface area (Å²) in [6.45, 7) is 7.49. The molecule has 0 spiro atoms. The average molecular weight is 499 g/mol. The molecular weight excluding hydrogens is 458 g/mol. The molecule has 0 aromatic heterocycles. The van der Waals surface area contributed by atoms with Crippen LogP contribution in [0.5, 0.6) is 0 Å². The van der Waals surface area contributed by atoms with Crippen LogP contribution in [0.3, 0.4) is 0 Å². The van der Waals surface area contributed by atoms with E-state index >= 15 is 0 Å². The molecule has 2 aromatic rings. The van der Waals surface area contributed by atoms with Crippen molar-refractivity contribution >= 4 is 5.91 Å². The maximum absolute atomic E-state index is 13.9. The Balaban J connectivity index is 1.57. The zero-order valence-electron chi connectivity index (χ0n) is 21.8. The summed E-state index contributed by atoms with van der Waals surface area (Å²) >= 11 is 0. The fourth-order valence-electron chi connectivity index (χ4n) is 5.89. The summed E-state index contributed by atoms with van der Waals surface area (Å²) in [4.78, 5) is 14.3. The summed E-state index contributed by atoms with van der Waals surface area (Å²) in [5, 5.41) is 15.1. The van der Waals surface area contributed by atoms with E-state index < -0.39 is 23.8 Å². The van der Waals surface area contributed by atoms with Gasteiger partial charge < -0.3 is 15.3 Å². The number of nitrogens with one attached hydrogen (secondary N) is 1. The van der Waals surface area contributed by atoms with Crippen LogP contribution < -0.4 is 5.32 Å². The third-order valence-electron chi connectivity index (χ3n) is 7.96. The van der Waals surface area contributed by atoms with Crippen molar-refractivity contribution in [2.24, 2.45) is 0 Å². The van der Waals surface area contributed by atoms with Gasteiger partial charge in [0.2, 0.25) is 5.91 Å². The molecule has 6 heteroatoms. The van der Waals surface area contributed by atoms with E-state index in [9.17, 15) is 18.7 Å². The van der Waals surface area contributed by atoms with Crippen molar-refractivity contribution in [1.82, 2.24) is 10.2 Å². The maximum Gasteiger partial charge on any atom is 0.222 e. The molecule has 4 rings (SSSR count). The van der Waals surface area contributed by atoms with Gasteiger partial charge in [0, 0.05) is 31.1 Å². The number of aliphatic hydroxyl groups excluding tert-OH is 1. The molecule has 2 aliphatic rings. The summed E-state index contributed by atoms with van der Waals surface area (Å²) in [6, 6.07) is 11.6. The van der Waals surface area contributed by atoms with Gasteiger partial charge in [0.15, 0.2) is 0 Å². The van der Waals surface area contributed by atoms with E-state index in [0.29, 0.717) is 25.1 Å². The minimum absolute atomic E-state index is 0.0128. The summed E-state index contributed by atoms with van der Waals surface area (Å²) in [7, 11) is 0. The Morgan fingerprint density at radius 1 is 1.03 bits per heavy atom. The highest BCUT2D eigenvalue weighted by molar-refractivity contribution is 5.78. The van der Waals surface area contributed by atoms with Gasteiger partial charge in [0.25, 0.3) is 0 Å². The first-order valence-electron chi connectivity index (χ1n) is 13.4. The summed E-state index contributed by atoms with van der Waals surface area (Å²) in [5.74, 6) is -1.31. The lowest BCUT2D eigenvalue weighted by molar-refractivity contribution is -0.132. The van der Waals surface area contributed by atoms with Gasteiger partial charge in [0.1, 0.15) is 11.6 Å². The zero-order valence-corrected chi connectivity index (χ0v) is 21.8. The third kappa shape index (κ3) is 6.15. The van der Waals surface area contributed by atoms with Crippen molar-refractivity contribution in [1.29, 1.82) is 0 Å². The minimum Gasteiger partial charge on any atom is -0.390 e. The predicted octanol–water partition coefficient (Wildman–Crippen LogP) is 5.61. The summed E-state index contributed by atoms with van der Waals surface area (Å²) < 4.78 is 27.8. The van der Waals surface area contributed by atoms with Crippen LogP contribution in [0.4, 0.5) is 8.78 Å². The normalized spacial score (nSPS) is 19.9. The number of hydrogen-bond donors (Lipinski definition) is 2. The lowest BCUT2D eigenvalue weighted by atomic mass is 9.74. The van der Waals surface area contributed by atoms with Crippen LogP contribution in [0, 0.1) is 11.6 Å². The fraction of sp³-hybridized carbons (Fsp3) is 0.567. The molecule has 2 atom stereocenters. The first-order chi connectivity index (χ1) is 17.1. The highest BCUT2D eigenvalue weighted by atomic mass is 19.1. The number of nitrogens with zero attached hydrogens (tertiary/aromatic N) is 1. The molecule has 1 aliphatic heterocycles. The average Bonchev–Trinajstić information content (AvgIpc) is 3.26. The van der Waals surface area contributed by atoms with Crippen LogP contribution in [-0.4, -0.2) is 41.1 Å². The van der Waals surface area contributed by atoms with Crippen molar-refractivity contribution in [2.45, 2.75) is 95.2 Å². The molecule has 2 unspecified atom stereocenters. The van der Waals surface area contributed by atoms with Crippen LogP contribution >= 0.6 is 0 Å². The van der Waals surface area contributed by atoms with Crippen LogP contribution in [0.1, 0.15) is 82.4 Å². The molecule has 4 nitrogen and oxygen atoms in total. The van der Waals surface area contributed by atoms with Gasteiger partial charge >= 0.3 is 0 Å². The van der Waals surface area contributed by atoms with E-state index in [4.69, 9.17) is 0 Å². The molecule has 0 radical (unpaired) electrons. The van der Waals surface area contributed by atoms with Crippen LogP contribution in [0.2, 0.25) is 0 Å². The van der Waals surface area contributed by atoms with E-state index in [-0.39, 0.29) is 23.3 Å². The molecule has 0 bridgehead atoms. The Morgan fingerprint density at radius 3 is 2.33 bits per heavy atom. The van der Waals surface area contributed by atoms with Gasteiger partial charge in [-0.15, -0.1) is 0 Å². The van der Waals surface area contributed by atoms with Gasteiger partial charge in [-0.25, -0.2) is 8.78 Å². The van der Waals surface area contributed by atoms with Gasteiger partial charge in [-0.05, 0) is 59.9 Å². The topological polar surface area (TPSA) is 52.6 Å². The van der Waals surface area contributed by atoms with Gasteiger partial charge in [-0.1, -0.05) is 64.3 Å². The fourth-order valence-corrected chi connectivity index (χ4v) is 5.89. The number of carbonyl (C=O) groups is 1. The molecule has 196 valence electrons. The molecule has 1 amide bonds. The first kappa shape index (κ1) is 26.7. The Morgan fingerprint density at radius 2 is 1.72 bits per heavy atom. The molecule has 2 aromatic carbocycles. The number of carbonyl (C=O) groups excluding carboxylic acids is 1. The minimum atomic E-state index is -0.872. The monoisotopic (exact) mass is 498 g/mol. The highest BCUT2D eigenvalue weighted by Crippen LogP contribution is 2.39. The van der Waals surface area contributed by atoms with E-state index in [1.165, 1.54) is 29.7 Å². The van der Waals surface area contributed by atoms with Gasteiger partial charge in [0.05, 0.1) is 12.1 Å². The van der Waals surface area contributed by atoms with Crippen LogP contribution in [-0.2, 0) is 22.2 Å². The second-order valence-corrected chi connectivity index (χ2v) is 11.7. The molecule has 1 aliphatic carbocycles. The van der Waals surface area contributed by atoms with Crippen molar-refractivity contribution < 1.29 is 18.7 Å². The van der Waals surface area contributed by atoms with Crippen molar-refractivity contribution in [2.75, 3.05) is 13.1 Å². The zero-order chi connectivity index (χ0) is 25.9. The number of amides is 1. The van der Waals surface area contributed by atoms with E-state index in [0.717, 1.165) is 38.2 Å². The molecule has 2 N–H and O–H groups in total. The van der Waals surface area contributed by atoms with E-state index in [2.05, 4.69) is 50.4 Å². The Bertz CT molecular complexity index is 1040. The molecule has 36 heavy (non-hydrogen) atoms. The number of likely N-dealkylation sites (tertiary alicyclic amines) is 1. The molecule has 1 heterocycles. The second-order valence-electron chi connectivity index (χ2n) is 11.7. The number of hydrogen-bond acceptors (Lipinski definition) is 3. The highest BCUT2D eigenvalue weighted by Gasteiger charge is 2.37. The lowest BCUT2D eigenvalue weighted by Gasteiger charge is -2.41. The van der Waals surface area contributed by atoms with Crippen LogP contribution in [0.15, 0.2) is 42.5 Å². The second kappa shape index (κ2) is 11.0. The Kier molecular flexibility index (Phi) is 8.15. The number of aliphatic hydroxyl groups is 1. The molecule has 1 saturated heterocycles. The Labute approximate surface area is 214 Å². The SMILES string of the molecule is CC(C)(C)c1cccc(C2(NCC(O)C(Cc3cc(F)cc(F)c3)N3CCCC3=O)CCCCC2)c1. The molecule has 2 fully saturated rings. The summed E-state index contributed by atoms with van der Waals surface area (Å²) in [5.41, 5.74) is 2.75. The number of rotatable bonds is 8. The quantitative estimate of drug-likeness (QED) is 0.498. The van der Waals surface area contributed by atoms with E-state index in [1.54, 1.807) is 4.90 Å². The van der Waals surface area contributed by atoms with Gasteiger partial charge in [-0.2, -0.15) is 0 Å². The standard InChI is InChI=1S/C30H40F2N2O2/c1-29(2,3)22-9-7-10-23(18-22)30(12-5-4-6-13-30)33-20-27(35)26(34-14-8-11-28(34)36)17-21-15-24(31)19-25(32)16-21/h7,9-10,15-16,18-19,26-27,33,35H,4-6,8,11-14,17,20H2,1-3H3. The smallest absolute Gasteiger partial charge is 0.222 e. The van der Waals surface area contributed by atoms with Gasteiger partial charge in [-0.3, -0.25) is 4.79 Å². The van der Waals surface area contributed by atoms with E-state index in [1.807, 2.05) is 0 Å². The number of benzene rings is 2. The predicted molar refractivity (Wildman–Crippen MR) is 139 cm³/mol. The molecule has 1 saturated carbocycles. The maximum atomic E-state index is 13.9. The summed E-state index contributed by atoms with van der Waals surface area (Å²) in [6.07, 6.45) is 5.89. The largest absolute Gasteiger partial charge is 0.390 e. The van der Waals surface area contributed by atoms with Crippen molar-refractivity contribution in [3.63, 3.8) is 0 Å². The molecular formula is C30H40F2N2O2. The van der Waals surface area contributed by atoms with Crippen molar-refractivity contribution in [3.05, 3.63) is 70.8 Å². The number of halogens is 2. The Hall–Kier alpha value is -2.31. The lowest BCUT2D eigenvalue weighted by Crippen LogP contribution is -2.53. The van der Waals surface area contributed by atoms with Crippen LogP contribution in [0.25, 0.3) is 0 Å². The van der Waals surface area contributed by atoms with Crippen molar-refractivity contribution in [3.8, 4) is 0 Å². The first-order valence-corrected chi connectivity index (χ1v) is 13.4. The third-order valence-corrected chi connectivity index (χ3v) is 7.96.